The molecule has 0 radical (unpaired) electrons. The second-order valence-electron chi connectivity index (χ2n) is 5.03. The zero-order chi connectivity index (χ0) is 16.4. The summed E-state index contributed by atoms with van der Waals surface area (Å²) in [5, 5.41) is 11.4. The molecule has 7 nitrogen and oxygen atoms in total. The van der Waals surface area contributed by atoms with Crippen molar-refractivity contribution >= 4 is 17.5 Å². The lowest BCUT2D eigenvalue weighted by Crippen LogP contribution is -2.29. The molecule has 3 aromatic rings. The summed E-state index contributed by atoms with van der Waals surface area (Å²) in [6.07, 6.45) is 3.13. The zero-order valence-corrected chi connectivity index (χ0v) is 13.3. The van der Waals surface area contributed by atoms with Crippen LogP contribution in [0.15, 0.2) is 41.2 Å². The largest absolute Gasteiger partial charge is 0.340 e. The average molecular weight is 332 g/mol. The first kappa shape index (κ1) is 15.2. The third-order valence-electron chi connectivity index (χ3n) is 3.25. The lowest BCUT2D eigenvalue weighted by molar-refractivity contribution is 0.0941. The van der Waals surface area contributed by atoms with Gasteiger partial charge in [0.1, 0.15) is 6.04 Å². The quantitative estimate of drug-likeness (QED) is 0.792. The molecule has 0 saturated heterocycles. The summed E-state index contributed by atoms with van der Waals surface area (Å²) in [5.41, 5.74) is 1.25. The van der Waals surface area contributed by atoms with Crippen LogP contribution in [0.25, 0.3) is 0 Å². The van der Waals surface area contributed by atoms with Crippen molar-refractivity contribution < 1.29 is 9.32 Å². The normalized spacial score (nSPS) is 12.1. The van der Waals surface area contributed by atoms with Crippen LogP contribution in [0.2, 0.25) is 5.02 Å². The summed E-state index contributed by atoms with van der Waals surface area (Å²) in [7, 11) is 1.75. The summed E-state index contributed by atoms with van der Waals surface area (Å²) in [6, 6.07) is 6.56. The number of nitrogens with zero attached hydrogens (tertiary/aromatic N) is 4. The summed E-state index contributed by atoms with van der Waals surface area (Å²) in [4.78, 5) is 16.6. The van der Waals surface area contributed by atoms with Gasteiger partial charge < -0.3 is 9.84 Å². The van der Waals surface area contributed by atoms with Crippen LogP contribution < -0.4 is 5.32 Å². The third kappa shape index (κ3) is 3.40. The van der Waals surface area contributed by atoms with Gasteiger partial charge in [-0.25, -0.2) is 0 Å². The number of rotatable bonds is 4. The minimum absolute atomic E-state index is 0.277. The number of carbonyl (C=O) groups is 1. The highest BCUT2D eigenvalue weighted by atomic mass is 35.5. The highest BCUT2D eigenvalue weighted by Gasteiger charge is 2.23. The molecule has 23 heavy (non-hydrogen) atoms. The molecule has 2 heterocycles. The standard InChI is InChI=1S/C15H14ClN5O2/c1-9-18-14(20-23-9)13(10-3-5-12(16)6-4-10)19-15(22)11-7-17-21(2)8-11/h3-8,13H,1-2H3,(H,19,22). The third-order valence-corrected chi connectivity index (χ3v) is 3.50. The van der Waals surface area contributed by atoms with Gasteiger partial charge in [-0.2, -0.15) is 10.1 Å². The number of amides is 1. The van der Waals surface area contributed by atoms with Crippen molar-refractivity contribution in [1.29, 1.82) is 0 Å². The van der Waals surface area contributed by atoms with Crippen LogP contribution in [0.4, 0.5) is 0 Å². The van der Waals surface area contributed by atoms with Crippen molar-refractivity contribution in [2.75, 3.05) is 0 Å². The molecule has 3 rings (SSSR count). The van der Waals surface area contributed by atoms with Crippen LogP contribution >= 0.6 is 11.6 Å². The maximum Gasteiger partial charge on any atom is 0.255 e. The first-order valence-electron chi connectivity index (χ1n) is 6.88. The molecule has 2 aromatic heterocycles. The minimum Gasteiger partial charge on any atom is -0.340 e. The number of aromatic nitrogens is 4. The molecule has 1 amide bonds. The Morgan fingerprint density at radius 3 is 2.65 bits per heavy atom. The van der Waals surface area contributed by atoms with E-state index in [2.05, 4.69) is 20.6 Å². The molecule has 0 fully saturated rings. The Morgan fingerprint density at radius 2 is 2.09 bits per heavy atom. The van der Waals surface area contributed by atoms with E-state index in [1.54, 1.807) is 37.0 Å². The lowest BCUT2D eigenvalue weighted by atomic mass is 10.1. The Morgan fingerprint density at radius 1 is 1.35 bits per heavy atom. The number of hydrogen-bond donors (Lipinski definition) is 1. The summed E-state index contributed by atoms with van der Waals surface area (Å²) in [5.74, 6) is 0.525. The van der Waals surface area contributed by atoms with E-state index in [4.69, 9.17) is 16.1 Å². The van der Waals surface area contributed by atoms with Gasteiger partial charge in [0.05, 0.1) is 11.8 Å². The van der Waals surface area contributed by atoms with E-state index in [-0.39, 0.29) is 5.91 Å². The van der Waals surface area contributed by atoms with E-state index >= 15 is 0 Å². The van der Waals surface area contributed by atoms with Crippen LogP contribution in [-0.2, 0) is 7.05 Å². The van der Waals surface area contributed by atoms with E-state index in [0.29, 0.717) is 22.3 Å². The van der Waals surface area contributed by atoms with Crippen LogP contribution in [0.5, 0.6) is 0 Å². The molecular weight excluding hydrogens is 318 g/mol. The molecule has 8 heteroatoms. The van der Waals surface area contributed by atoms with E-state index in [9.17, 15) is 4.79 Å². The van der Waals surface area contributed by atoms with Gasteiger partial charge in [0.2, 0.25) is 5.89 Å². The fourth-order valence-corrected chi connectivity index (χ4v) is 2.26. The maximum absolute atomic E-state index is 12.4. The van der Waals surface area contributed by atoms with Crippen molar-refractivity contribution in [2.45, 2.75) is 13.0 Å². The molecule has 0 aliphatic rings. The predicted molar refractivity (Wildman–Crippen MR) is 83.0 cm³/mol. The smallest absolute Gasteiger partial charge is 0.255 e. The van der Waals surface area contributed by atoms with E-state index < -0.39 is 6.04 Å². The Hall–Kier alpha value is -2.67. The van der Waals surface area contributed by atoms with Crippen molar-refractivity contribution in [2.24, 2.45) is 7.05 Å². The first-order chi connectivity index (χ1) is 11.0. The molecule has 0 bridgehead atoms. The Labute approximate surface area is 137 Å². The van der Waals surface area contributed by atoms with Gasteiger partial charge in [-0.1, -0.05) is 28.9 Å². The summed E-state index contributed by atoms with van der Waals surface area (Å²) < 4.78 is 6.59. The molecule has 0 aliphatic carbocycles. The molecule has 1 unspecified atom stereocenters. The first-order valence-corrected chi connectivity index (χ1v) is 7.26. The molecule has 0 saturated carbocycles. The topological polar surface area (TPSA) is 85.8 Å². The fraction of sp³-hybridized carbons (Fsp3) is 0.200. The van der Waals surface area contributed by atoms with Crippen molar-refractivity contribution in [3.8, 4) is 0 Å². The number of aryl methyl sites for hydroxylation is 2. The zero-order valence-electron chi connectivity index (χ0n) is 12.5. The predicted octanol–water partition coefficient (Wildman–Crippen LogP) is 2.28. The Bertz CT molecular complexity index is 825. The van der Waals surface area contributed by atoms with Crippen LogP contribution in [-0.4, -0.2) is 25.8 Å². The molecule has 0 spiro atoms. The van der Waals surface area contributed by atoms with Crippen LogP contribution in [0.3, 0.4) is 0 Å². The second kappa shape index (κ2) is 6.21. The van der Waals surface area contributed by atoms with Gasteiger partial charge >= 0.3 is 0 Å². The fourth-order valence-electron chi connectivity index (χ4n) is 2.14. The van der Waals surface area contributed by atoms with Gasteiger partial charge in [-0.05, 0) is 17.7 Å². The molecule has 1 atom stereocenters. The monoisotopic (exact) mass is 331 g/mol. The van der Waals surface area contributed by atoms with Crippen molar-refractivity contribution in [3.63, 3.8) is 0 Å². The van der Waals surface area contributed by atoms with Gasteiger partial charge in [-0.3, -0.25) is 9.48 Å². The number of carbonyl (C=O) groups excluding carboxylic acids is 1. The second-order valence-corrected chi connectivity index (χ2v) is 5.47. The van der Waals surface area contributed by atoms with Crippen molar-refractivity contribution in [1.82, 2.24) is 25.2 Å². The SMILES string of the molecule is Cc1nc(C(NC(=O)c2cnn(C)c2)c2ccc(Cl)cc2)no1. The molecule has 0 aliphatic heterocycles. The number of nitrogens with one attached hydrogen (secondary N) is 1. The van der Waals surface area contributed by atoms with E-state index in [0.717, 1.165) is 5.56 Å². The summed E-state index contributed by atoms with van der Waals surface area (Å²) in [6.45, 7) is 1.69. The maximum atomic E-state index is 12.4. The molecule has 118 valence electrons. The van der Waals surface area contributed by atoms with Crippen LogP contribution in [0.1, 0.15) is 33.7 Å². The number of hydrogen-bond acceptors (Lipinski definition) is 5. The lowest BCUT2D eigenvalue weighted by Gasteiger charge is -2.15. The highest BCUT2D eigenvalue weighted by molar-refractivity contribution is 6.30. The van der Waals surface area contributed by atoms with Gasteiger partial charge in [0, 0.05) is 25.2 Å². The molecule has 1 N–H and O–H groups in total. The highest BCUT2D eigenvalue weighted by Crippen LogP contribution is 2.22. The number of benzene rings is 1. The van der Waals surface area contributed by atoms with Gasteiger partial charge in [0.25, 0.3) is 5.91 Å². The van der Waals surface area contributed by atoms with Gasteiger partial charge in [-0.15, -0.1) is 0 Å². The molecule has 1 aromatic carbocycles. The van der Waals surface area contributed by atoms with Gasteiger partial charge in [0.15, 0.2) is 5.82 Å². The Balaban J connectivity index is 1.92. The van der Waals surface area contributed by atoms with Crippen LogP contribution in [0, 0.1) is 6.92 Å². The van der Waals surface area contributed by atoms with E-state index in [1.165, 1.54) is 6.20 Å². The van der Waals surface area contributed by atoms with Crippen molar-refractivity contribution in [3.05, 3.63) is 64.5 Å². The molecular formula is C15H14ClN5O2. The van der Waals surface area contributed by atoms with E-state index in [1.807, 2.05) is 12.1 Å². The average Bonchev–Trinajstić information content (AvgIpc) is 3.14. The number of halogens is 1. The summed E-state index contributed by atoms with van der Waals surface area (Å²) >= 11 is 5.92. The minimum atomic E-state index is -0.544. The Kier molecular flexibility index (Phi) is 4.12.